The monoisotopic (exact) mass is 457 g/mol. The largest absolute Gasteiger partial charge is 0.488 e. The van der Waals surface area contributed by atoms with E-state index in [2.05, 4.69) is 35.3 Å². The van der Waals surface area contributed by atoms with Gasteiger partial charge in [-0.05, 0) is 45.0 Å². The Bertz CT molecular complexity index is 1230. The van der Waals surface area contributed by atoms with Crippen LogP contribution in [0.1, 0.15) is 5.56 Å². The molecule has 1 unspecified atom stereocenters. The van der Waals surface area contributed by atoms with Crippen molar-refractivity contribution in [1.29, 1.82) is 0 Å². The lowest BCUT2D eigenvalue weighted by Gasteiger charge is -2.08. The third kappa shape index (κ3) is 3.27. The van der Waals surface area contributed by atoms with E-state index in [1.165, 1.54) is 11.3 Å². The minimum atomic E-state index is 0.503. The summed E-state index contributed by atoms with van der Waals surface area (Å²) in [5.74, 6) is 1.48. The minimum absolute atomic E-state index is 0.503. The van der Waals surface area contributed by atoms with Crippen molar-refractivity contribution in [2.75, 3.05) is 0 Å². The highest BCUT2D eigenvalue weighted by molar-refractivity contribution is 9.11. The molecule has 8 heteroatoms. The molecule has 0 aliphatic carbocycles. The van der Waals surface area contributed by atoms with E-state index in [1.54, 1.807) is 4.52 Å². The van der Waals surface area contributed by atoms with Crippen molar-refractivity contribution in [3.05, 3.63) is 64.2 Å². The second-order valence-corrected chi connectivity index (χ2v) is 8.92. The summed E-state index contributed by atoms with van der Waals surface area (Å²) in [7, 11) is 2.70. The van der Waals surface area contributed by atoms with Crippen LogP contribution in [0.5, 0.6) is 5.75 Å². The van der Waals surface area contributed by atoms with E-state index in [0.29, 0.717) is 12.4 Å². The molecule has 27 heavy (non-hydrogen) atoms. The summed E-state index contributed by atoms with van der Waals surface area (Å²) in [4.78, 5) is 5.40. The van der Waals surface area contributed by atoms with Crippen LogP contribution in [0.4, 0.5) is 0 Å². The van der Waals surface area contributed by atoms with Crippen LogP contribution in [-0.4, -0.2) is 14.6 Å². The summed E-state index contributed by atoms with van der Waals surface area (Å²) in [5, 5.41) is 6.26. The Morgan fingerprint density at radius 3 is 2.85 bits per heavy atom. The number of hydrogen-bond donors (Lipinski definition) is 0. The van der Waals surface area contributed by atoms with Crippen LogP contribution in [0.25, 0.3) is 27.4 Å². The maximum atomic E-state index is 6.08. The van der Waals surface area contributed by atoms with E-state index >= 15 is 0 Å². The molecule has 0 N–H and O–H groups in total. The first-order valence-electron chi connectivity index (χ1n) is 8.17. The highest BCUT2D eigenvalue weighted by Crippen LogP contribution is 2.34. The molecule has 3 aromatic heterocycles. The number of hydrogen-bond acceptors (Lipinski definition) is 5. The van der Waals surface area contributed by atoms with Gasteiger partial charge >= 0.3 is 0 Å². The fourth-order valence-electron chi connectivity index (χ4n) is 2.90. The minimum Gasteiger partial charge on any atom is -0.488 e. The number of halogens is 1. The highest BCUT2D eigenvalue weighted by atomic mass is 79.9. The molecule has 5 aromatic rings. The summed E-state index contributed by atoms with van der Waals surface area (Å²) in [5.41, 5.74) is 2.64. The smallest absolute Gasteiger partial charge is 0.213 e. The molecule has 0 spiro atoms. The molecule has 3 heterocycles. The lowest BCUT2D eigenvalue weighted by Crippen LogP contribution is -1.98. The summed E-state index contributed by atoms with van der Waals surface area (Å²) in [6, 6.07) is 16.1. The number of furan rings is 1. The van der Waals surface area contributed by atoms with E-state index in [0.717, 1.165) is 42.2 Å². The first-order chi connectivity index (χ1) is 13.2. The molecule has 0 fully saturated rings. The van der Waals surface area contributed by atoms with Crippen LogP contribution in [0.15, 0.2) is 63.1 Å². The molecular formula is C19H13BrN3O2PS. The Morgan fingerprint density at radius 2 is 2.04 bits per heavy atom. The number of fused-ring (bicyclic) bond motifs is 2. The first-order valence-corrected chi connectivity index (χ1v) is 10.4. The zero-order chi connectivity index (χ0) is 18.4. The molecule has 0 amide bonds. The third-order valence-corrected chi connectivity index (χ3v) is 5.82. The van der Waals surface area contributed by atoms with Gasteiger partial charge in [-0.1, -0.05) is 41.7 Å². The van der Waals surface area contributed by atoms with Crippen molar-refractivity contribution >= 4 is 57.7 Å². The summed E-state index contributed by atoms with van der Waals surface area (Å²) >= 11 is 4.84. The summed E-state index contributed by atoms with van der Waals surface area (Å²) in [6.07, 6.45) is 1.86. The maximum Gasteiger partial charge on any atom is 0.213 e. The van der Waals surface area contributed by atoms with Crippen LogP contribution in [-0.2, 0) is 6.61 Å². The van der Waals surface area contributed by atoms with Gasteiger partial charge in [-0.15, -0.1) is 14.3 Å². The van der Waals surface area contributed by atoms with Gasteiger partial charge in [-0.25, -0.2) is 9.50 Å². The summed E-state index contributed by atoms with van der Waals surface area (Å²) < 4.78 is 14.7. The Balaban J connectivity index is 1.53. The fraction of sp³-hybridized carbons (Fsp3) is 0.0526. The van der Waals surface area contributed by atoms with E-state index in [4.69, 9.17) is 9.15 Å². The quantitative estimate of drug-likeness (QED) is 0.354. The van der Waals surface area contributed by atoms with Crippen LogP contribution in [0.2, 0.25) is 0 Å². The van der Waals surface area contributed by atoms with E-state index in [9.17, 15) is 0 Å². The number of ether oxygens (including phenoxy) is 1. The van der Waals surface area contributed by atoms with Gasteiger partial charge in [0.15, 0.2) is 9.68 Å². The molecule has 1 atom stereocenters. The molecule has 0 saturated heterocycles. The SMILES string of the molecule is Pc1cc(OCc2ccccc2)c2cc(-c3cn4nc(Br)sc4n3)oc2c1. The van der Waals surface area contributed by atoms with Gasteiger partial charge in [0.2, 0.25) is 4.96 Å². The molecule has 0 aliphatic rings. The zero-order valence-corrected chi connectivity index (χ0v) is 17.5. The fourth-order valence-corrected chi connectivity index (χ4v) is 4.42. The second kappa shape index (κ2) is 6.75. The van der Waals surface area contributed by atoms with E-state index < -0.39 is 0 Å². The van der Waals surface area contributed by atoms with E-state index in [-0.39, 0.29) is 0 Å². The molecule has 0 saturated carbocycles. The first kappa shape index (κ1) is 16.9. The van der Waals surface area contributed by atoms with Crippen molar-refractivity contribution in [3.63, 3.8) is 0 Å². The molecule has 0 aliphatic heterocycles. The molecule has 5 nitrogen and oxygen atoms in total. The zero-order valence-electron chi connectivity index (χ0n) is 13.9. The average molecular weight is 458 g/mol. The molecule has 0 radical (unpaired) electrons. The van der Waals surface area contributed by atoms with Crippen molar-refractivity contribution in [1.82, 2.24) is 14.6 Å². The topological polar surface area (TPSA) is 52.6 Å². The van der Waals surface area contributed by atoms with Crippen molar-refractivity contribution in [2.45, 2.75) is 6.61 Å². The third-order valence-electron chi connectivity index (χ3n) is 4.13. The van der Waals surface area contributed by atoms with Crippen molar-refractivity contribution in [2.24, 2.45) is 0 Å². The molecule has 0 bridgehead atoms. The normalized spacial score (nSPS) is 11.5. The second-order valence-electron chi connectivity index (χ2n) is 6.02. The van der Waals surface area contributed by atoms with Crippen LogP contribution < -0.4 is 10.0 Å². The van der Waals surface area contributed by atoms with Crippen LogP contribution >= 0.6 is 36.5 Å². The number of aromatic nitrogens is 3. The number of imidazole rings is 1. The van der Waals surface area contributed by atoms with Gasteiger partial charge in [-0.2, -0.15) is 0 Å². The predicted molar refractivity (Wildman–Crippen MR) is 114 cm³/mol. The van der Waals surface area contributed by atoms with Crippen LogP contribution in [0.3, 0.4) is 0 Å². The standard InChI is InChI=1S/C19H13BrN3O2PS/c20-18-22-23-9-14(21-19(23)27-18)17-8-13-15(6-12(26)7-16(13)25-17)24-10-11-4-2-1-3-5-11/h1-9H,10,26H2. The van der Waals surface area contributed by atoms with Crippen molar-refractivity contribution < 1.29 is 9.15 Å². The van der Waals surface area contributed by atoms with Gasteiger partial charge in [0, 0.05) is 0 Å². The Hall–Kier alpha value is -2.21. The predicted octanol–water partition coefficient (Wildman–Crippen LogP) is 5.05. The number of nitrogens with zero attached hydrogens (tertiary/aromatic N) is 3. The van der Waals surface area contributed by atoms with Crippen LogP contribution in [0, 0.1) is 0 Å². The highest BCUT2D eigenvalue weighted by Gasteiger charge is 2.15. The Kier molecular flexibility index (Phi) is 4.23. The van der Waals surface area contributed by atoms with Gasteiger partial charge in [0.1, 0.15) is 23.6 Å². The molecule has 5 rings (SSSR count). The molecule has 2 aromatic carbocycles. The van der Waals surface area contributed by atoms with Gasteiger partial charge in [-0.3, -0.25) is 0 Å². The van der Waals surface area contributed by atoms with Gasteiger partial charge in [0.25, 0.3) is 0 Å². The van der Waals surface area contributed by atoms with Gasteiger partial charge in [0.05, 0.1) is 11.6 Å². The van der Waals surface area contributed by atoms with E-state index in [1.807, 2.05) is 54.7 Å². The number of benzene rings is 2. The lowest BCUT2D eigenvalue weighted by molar-refractivity contribution is 0.310. The Morgan fingerprint density at radius 1 is 1.19 bits per heavy atom. The molecular weight excluding hydrogens is 445 g/mol. The molecule has 134 valence electrons. The maximum absolute atomic E-state index is 6.08. The number of rotatable bonds is 4. The lowest BCUT2D eigenvalue weighted by atomic mass is 10.2. The average Bonchev–Trinajstić information content (AvgIpc) is 3.32. The summed E-state index contributed by atoms with van der Waals surface area (Å²) in [6.45, 7) is 0.503. The Labute approximate surface area is 169 Å². The van der Waals surface area contributed by atoms with Gasteiger partial charge < -0.3 is 9.15 Å². The van der Waals surface area contributed by atoms with Crippen molar-refractivity contribution in [3.8, 4) is 17.2 Å².